The van der Waals surface area contributed by atoms with E-state index < -0.39 is 0 Å². The Kier molecular flexibility index (Phi) is 6.49. The molecule has 0 aromatic carbocycles. The zero-order chi connectivity index (χ0) is 14.6. The molecule has 1 rings (SSSR count). The average Bonchev–Trinajstić information content (AvgIpc) is 2.66. The van der Waals surface area contributed by atoms with Crippen LogP contribution in [0.5, 0.6) is 0 Å². The van der Waals surface area contributed by atoms with Crippen LogP contribution in [0, 0.1) is 0 Å². The first kappa shape index (κ1) is 16.7. The minimum Gasteiger partial charge on any atom is -0.465 e. The summed E-state index contributed by atoms with van der Waals surface area (Å²) in [6.45, 7) is 5.77. The first-order valence-electron chi connectivity index (χ1n) is 5.78. The van der Waals surface area contributed by atoms with Gasteiger partial charge in [0.2, 0.25) is 0 Å². The van der Waals surface area contributed by atoms with Crippen LogP contribution >= 0.6 is 43.2 Å². The quantitative estimate of drug-likeness (QED) is 0.693. The molecule has 1 aromatic heterocycles. The summed E-state index contributed by atoms with van der Waals surface area (Å²) in [5, 5.41) is 0. The average molecular weight is 413 g/mol. The van der Waals surface area contributed by atoms with Crippen molar-refractivity contribution < 1.29 is 14.3 Å². The highest BCUT2D eigenvalue weighted by molar-refractivity contribution is 9.13. The van der Waals surface area contributed by atoms with Crippen LogP contribution in [0.3, 0.4) is 0 Å². The standard InChI is InChI=1S/C12H15Br2NO3S/c1-4-18-10(16)6-15(7(2)3)12(17)9-5-8(13)11(14)19-9/h5,7H,4,6H2,1-3H3. The predicted molar refractivity (Wildman–Crippen MR) is 82.5 cm³/mol. The number of esters is 1. The maximum Gasteiger partial charge on any atom is 0.325 e. The fraction of sp³-hybridized carbons (Fsp3) is 0.500. The molecule has 0 aliphatic heterocycles. The first-order chi connectivity index (χ1) is 8.86. The Hall–Kier alpha value is -0.400. The zero-order valence-corrected chi connectivity index (χ0v) is 14.9. The van der Waals surface area contributed by atoms with Crippen molar-refractivity contribution in [1.82, 2.24) is 4.90 Å². The highest BCUT2D eigenvalue weighted by Gasteiger charge is 2.24. The van der Waals surface area contributed by atoms with Crippen molar-refractivity contribution in [3.63, 3.8) is 0 Å². The van der Waals surface area contributed by atoms with Gasteiger partial charge in [0.1, 0.15) is 6.54 Å². The summed E-state index contributed by atoms with van der Waals surface area (Å²) in [5.74, 6) is -0.557. The topological polar surface area (TPSA) is 46.6 Å². The highest BCUT2D eigenvalue weighted by atomic mass is 79.9. The summed E-state index contributed by atoms with van der Waals surface area (Å²) >= 11 is 8.04. The predicted octanol–water partition coefficient (Wildman–Crippen LogP) is 3.69. The van der Waals surface area contributed by atoms with Gasteiger partial charge in [0.05, 0.1) is 15.3 Å². The minimum absolute atomic E-state index is 0.0303. The van der Waals surface area contributed by atoms with Gasteiger partial charge in [0.25, 0.3) is 5.91 Å². The van der Waals surface area contributed by atoms with Crippen molar-refractivity contribution in [1.29, 1.82) is 0 Å². The number of ether oxygens (including phenoxy) is 1. The first-order valence-corrected chi connectivity index (χ1v) is 8.18. The number of carbonyl (C=O) groups excluding carboxylic acids is 2. The third-order valence-corrected chi connectivity index (χ3v) is 5.59. The van der Waals surface area contributed by atoms with Crippen LogP contribution in [-0.2, 0) is 9.53 Å². The van der Waals surface area contributed by atoms with Crippen LogP contribution in [-0.4, -0.2) is 36.0 Å². The number of thiophene rings is 1. The molecule has 0 aliphatic carbocycles. The monoisotopic (exact) mass is 411 g/mol. The summed E-state index contributed by atoms with van der Waals surface area (Å²) in [7, 11) is 0. The van der Waals surface area contributed by atoms with E-state index in [4.69, 9.17) is 4.74 Å². The molecular formula is C12H15Br2NO3S. The lowest BCUT2D eigenvalue weighted by Crippen LogP contribution is -2.41. The molecule has 4 nitrogen and oxygen atoms in total. The summed E-state index contributed by atoms with van der Waals surface area (Å²) in [4.78, 5) is 26.0. The molecule has 0 saturated heterocycles. The number of nitrogens with zero attached hydrogens (tertiary/aromatic N) is 1. The maximum atomic E-state index is 12.4. The van der Waals surface area contributed by atoms with E-state index in [2.05, 4.69) is 31.9 Å². The molecule has 0 N–H and O–H groups in total. The Balaban J connectivity index is 2.87. The van der Waals surface area contributed by atoms with Gasteiger partial charge in [-0.05, 0) is 58.7 Å². The van der Waals surface area contributed by atoms with Crippen LogP contribution in [0.4, 0.5) is 0 Å². The van der Waals surface area contributed by atoms with E-state index in [1.807, 2.05) is 13.8 Å². The Morgan fingerprint density at radius 2 is 2.05 bits per heavy atom. The summed E-state index contributed by atoms with van der Waals surface area (Å²) in [5.41, 5.74) is 0. The second-order valence-corrected chi connectivity index (χ2v) is 7.29. The second kappa shape index (κ2) is 7.40. The van der Waals surface area contributed by atoms with Crippen LogP contribution in [0.2, 0.25) is 0 Å². The van der Waals surface area contributed by atoms with Crippen molar-refractivity contribution in [3.8, 4) is 0 Å². The van der Waals surface area contributed by atoms with Gasteiger partial charge >= 0.3 is 5.97 Å². The Labute approximate surface area is 133 Å². The zero-order valence-electron chi connectivity index (χ0n) is 10.9. The van der Waals surface area contributed by atoms with E-state index in [0.29, 0.717) is 11.5 Å². The molecule has 0 aliphatic rings. The van der Waals surface area contributed by atoms with Crippen LogP contribution in [0.15, 0.2) is 14.3 Å². The van der Waals surface area contributed by atoms with E-state index in [0.717, 1.165) is 8.26 Å². The molecule has 0 spiro atoms. The van der Waals surface area contributed by atoms with Gasteiger partial charge < -0.3 is 9.64 Å². The fourth-order valence-electron chi connectivity index (χ4n) is 1.43. The van der Waals surface area contributed by atoms with Crippen molar-refractivity contribution >= 4 is 55.1 Å². The molecule has 19 heavy (non-hydrogen) atoms. The number of amides is 1. The third kappa shape index (κ3) is 4.57. The fourth-order valence-corrected chi connectivity index (χ4v) is 3.42. The van der Waals surface area contributed by atoms with Gasteiger partial charge in [0.15, 0.2) is 0 Å². The molecule has 0 radical (unpaired) electrons. The summed E-state index contributed by atoms with van der Waals surface area (Å²) < 4.78 is 6.58. The normalized spacial score (nSPS) is 10.6. The van der Waals surface area contributed by atoms with Gasteiger partial charge in [-0.2, -0.15) is 0 Å². The number of hydrogen-bond acceptors (Lipinski definition) is 4. The lowest BCUT2D eigenvalue weighted by Gasteiger charge is -2.25. The van der Waals surface area contributed by atoms with Crippen molar-refractivity contribution in [3.05, 3.63) is 19.2 Å². The lowest BCUT2D eigenvalue weighted by atomic mass is 10.3. The molecule has 0 bridgehead atoms. The number of halogens is 2. The Morgan fingerprint density at radius 1 is 1.42 bits per heavy atom. The molecule has 0 fully saturated rings. The largest absolute Gasteiger partial charge is 0.465 e. The van der Waals surface area contributed by atoms with Gasteiger partial charge in [-0.3, -0.25) is 9.59 Å². The van der Waals surface area contributed by atoms with E-state index >= 15 is 0 Å². The van der Waals surface area contributed by atoms with Crippen LogP contribution in [0.25, 0.3) is 0 Å². The van der Waals surface area contributed by atoms with Crippen molar-refractivity contribution in [2.75, 3.05) is 13.2 Å². The number of rotatable bonds is 5. The van der Waals surface area contributed by atoms with Gasteiger partial charge in [-0.25, -0.2) is 0 Å². The van der Waals surface area contributed by atoms with Crippen molar-refractivity contribution in [2.24, 2.45) is 0 Å². The number of hydrogen-bond donors (Lipinski definition) is 0. The lowest BCUT2D eigenvalue weighted by molar-refractivity contribution is -0.144. The van der Waals surface area contributed by atoms with E-state index in [1.165, 1.54) is 16.2 Å². The van der Waals surface area contributed by atoms with Gasteiger partial charge in [0, 0.05) is 10.5 Å². The summed E-state index contributed by atoms with van der Waals surface area (Å²) in [6.07, 6.45) is 0. The molecule has 0 unspecified atom stereocenters. The van der Waals surface area contributed by atoms with E-state index in [1.54, 1.807) is 13.0 Å². The third-order valence-electron chi connectivity index (χ3n) is 2.34. The maximum absolute atomic E-state index is 12.4. The van der Waals surface area contributed by atoms with E-state index in [9.17, 15) is 9.59 Å². The molecule has 0 saturated carbocycles. The number of carbonyl (C=O) groups is 2. The van der Waals surface area contributed by atoms with Gasteiger partial charge in [-0.15, -0.1) is 11.3 Å². The minimum atomic E-state index is -0.390. The highest BCUT2D eigenvalue weighted by Crippen LogP contribution is 2.33. The smallest absolute Gasteiger partial charge is 0.325 e. The van der Waals surface area contributed by atoms with E-state index in [-0.39, 0.29) is 24.5 Å². The molecule has 7 heteroatoms. The molecule has 106 valence electrons. The van der Waals surface area contributed by atoms with Crippen LogP contribution in [0.1, 0.15) is 30.4 Å². The molecule has 1 amide bonds. The Bertz CT molecular complexity index is 454. The SMILES string of the molecule is CCOC(=O)CN(C(=O)c1cc(Br)c(Br)s1)C(C)C. The molecule has 0 atom stereocenters. The summed E-state index contributed by atoms with van der Waals surface area (Å²) in [6, 6.07) is 1.68. The van der Waals surface area contributed by atoms with Gasteiger partial charge in [-0.1, -0.05) is 0 Å². The van der Waals surface area contributed by atoms with Crippen molar-refractivity contribution in [2.45, 2.75) is 26.8 Å². The molecular weight excluding hydrogens is 398 g/mol. The molecule has 1 aromatic rings. The molecule has 1 heterocycles. The second-order valence-electron chi connectivity index (χ2n) is 4.06. The Morgan fingerprint density at radius 3 is 2.47 bits per heavy atom. The van der Waals surface area contributed by atoms with Crippen LogP contribution < -0.4 is 0 Å².